The summed E-state index contributed by atoms with van der Waals surface area (Å²) < 4.78 is 26.8. The highest BCUT2D eigenvalue weighted by atomic mass is 19.1. The van der Waals surface area contributed by atoms with Crippen molar-refractivity contribution in [2.24, 2.45) is 0 Å². The Hall–Kier alpha value is -3.20. The van der Waals surface area contributed by atoms with Gasteiger partial charge in [0.25, 0.3) is 5.71 Å². The number of hydrogen-bond acceptors (Lipinski definition) is 7. The smallest absolute Gasteiger partial charge is 0.257 e. The van der Waals surface area contributed by atoms with Crippen molar-refractivity contribution in [1.29, 1.82) is 0 Å². The summed E-state index contributed by atoms with van der Waals surface area (Å²) in [7, 11) is 0. The number of halogens is 1. The Kier molecular flexibility index (Phi) is 4.54. The number of hydrogen-bond donors (Lipinski definition) is 0. The standard InChI is InChI=1S/C21H21FN6O2/c1-11-4-17(5-12(2)29-11)28-20(15-7-18-13(3)27-30-21(18)24-9-15)25-19(26-28)14-6-16(22)10-23-8-14/h6-12,17H,4-5H2,1-3H3. The van der Waals surface area contributed by atoms with Gasteiger partial charge in [-0.2, -0.15) is 5.10 Å². The molecular weight excluding hydrogens is 387 g/mol. The summed E-state index contributed by atoms with van der Waals surface area (Å²) in [6.45, 7) is 5.99. The SMILES string of the molecule is Cc1noc2ncc(-c3nc(-c4cncc(F)c4)nn3C3CC(C)OC(C)C3)cc12. The van der Waals surface area contributed by atoms with Crippen molar-refractivity contribution in [3.63, 3.8) is 0 Å². The van der Waals surface area contributed by atoms with Gasteiger partial charge in [-0.05, 0) is 45.7 Å². The van der Waals surface area contributed by atoms with Crippen LogP contribution in [0.4, 0.5) is 4.39 Å². The van der Waals surface area contributed by atoms with Crippen molar-refractivity contribution in [1.82, 2.24) is 29.9 Å². The summed E-state index contributed by atoms with van der Waals surface area (Å²) >= 11 is 0. The number of ether oxygens (including phenoxy) is 1. The van der Waals surface area contributed by atoms with Gasteiger partial charge in [-0.25, -0.2) is 19.0 Å². The van der Waals surface area contributed by atoms with Gasteiger partial charge in [0.15, 0.2) is 11.6 Å². The molecule has 0 spiro atoms. The van der Waals surface area contributed by atoms with Crippen molar-refractivity contribution in [2.45, 2.75) is 51.9 Å². The summed E-state index contributed by atoms with van der Waals surface area (Å²) in [4.78, 5) is 13.1. The summed E-state index contributed by atoms with van der Waals surface area (Å²) in [5.74, 6) is 0.656. The van der Waals surface area contributed by atoms with Crippen molar-refractivity contribution in [3.05, 3.63) is 42.2 Å². The second-order valence-electron chi connectivity index (χ2n) is 7.82. The molecule has 0 saturated carbocycles. The van der Waals surface area contributed by atoms with Gasteiger partial charge in [0.1, 0.15) is 5.82 Å². The predicted octanol–water partition coefficient (Wildman–Crippen LogP) is 4.12. The van der Waals surface area contributed by atoms with E-state index in [0.29, 0.717) is 22.9 Å². The summed E-state index contributed by atoms with van der Waals surface area (Å²) in [5.41, 5.74) is 2.56. The first-order valence-corrected chi connectivity index (χ1v) is 9.93. The zero-order chi connectivity index (χ0) is 20.8. The second kappa shape index (κ2) is 7.24. The molecule has 4 aromatic heterocycles. The normalized spacial score (nSPS) is 21.9. The first-order chi connectivity index (χ1) is 14.5. The Morgan fingerprint density at radius 2 is 1.87 bits per heavy atom. The van der Waals surface area contributed by atoms with E-state index in [1.807, 2.05) is 17.7 Å². The van der Waals surface area contributed by atoms with Crippen molar-refractivity contribution >= 4 is 11.1 Å². The Bertz CT molecular complexity index is 1210. The average Bonchev–Trinajstić information content (AvgIpc) is 3.31. The lowest BCUT2D eigenvalue weighted by molar-refractivity contribution is -0.0503. The van der Waals surface area contributed by atoms with E-state index < -0.39 is 5.82 Å². The Morgan fingerprint density at radius 3 is 2.63 bits per heavy atom. The van der Waals surface area contributed by atoms with Crippen LogP contribution in [0.15, 0.2) is 35.2 Å². The van der Waals surface area contributed by atoms with Crippen LogP contribution in [0, 0.1) is 12.7 Å². The maximum absolute atomic E-state index is 13.8. The number of aromatic nitrogens is 6. The maximum Gasteiger partial charge on any atom is 0.257 e. The van der Waals surface area contributed by atoms with Crippen LogP contribution in [0.1, 0.15) is 38.4 Å². The molecule has 0 aliphatic carbocycles. The molecule has 5 heterocycles. The molecule has 0 N–H and O–H groups in total. The molecule has 154 valence electrons. The van der Waals surface area contributed by atoms with E-state index in [0.717, 1.165) is 35.7 Å². The highest BCUT2D eigenvalue weighted by Crippen LogP contribution is 2.34. The molecule has 0 radical (unpaired) electrons. The van der Waals surface area contributed by atoms with E-state index in [2.05, 4.69) is 29.0 Å². The first kappa shape index (κ1) is 18.8. The lowest BCUT2D eigenvalue weighted by Gasteiger charge is -2.32. The molecule has 1 saturated heterocycles. The lowest BCUT2D eigenvalue weighted by atomic mass is 10.00. The molecule has 0 aromatic carbocycles. The van der Waals surface area contributed by atoms with Crippen LogP contribution < -0.4 is 0 Å². The predicted molar refractivity (Wildman–Crippen MR) is 107 cm³/mol. The summed E-state index contributed by atoms with van der Waals surface area (Å²) in [5, 5.41) is 9.56. The van der Waals surface area contributed by atoms with Crippen LogP contribution in [-0.4, -0.2) is 42.1 Å². The number of pyridine rings is 2. The molecule has 5 rings (SSSR count). The van der Waals surface area contributed by atoms with Gasteiger partial charge in [0.05, 0.1) is 35.5 Å². The molecule has 9 heteroatoms. The molecule has 1 aliphatic rings. The van der Waals surface area contributed by atoms with E-state index in [9.17, 15) is 4.39 Å². The van der Waals surface area contributed by atoms with Gasteiger partial charge in [0.2, 0.25) is 0 Å². The van der Waals surface area contributed by atoms with Crippen LogP contribution in [0.2, 0.25) is 0 Å². The van der Waals surface area contributed by atoms with Gasteiger partial charge in [-0.15, -0.1) is 0 Å². The van der Waals surface area contributed by atoms with Gasteiger partial charge in [-0.3, -0.25) is 4.98 Å². The van der Waals surface area contributed by atoms with Crippen molar-refractivity contribution in [2.75, 3.05) is 0 Å². The molecule has 30 heavy (non-hydrogen) atoms. The van der Waals surface area contributed by atoms with Gasteiger partial charge >= 0.3 is 0 Å². The summed E-state index contributed by atoms with van der Waals surface area (Å²) in [6.07, 6.45) is 6.26. The van der Waals surface area contributed by atoms with Gasteiger partial charge in [0, 0.05) is 23.5 Å². The largest absolute Gasteiger partial charge is 0.375 e. The zero-order valence-electron chi connectivity index (χ0n) is 16.9. The van der Waals surface area contributed by atoms with E-state index in [-0.39, 0.29) is 18.2 Å². The van der Waals surface area contributed by atoms with E-state index in [1.54, 1.807) is 12.4 Å². The molecule has 1 fully saturated rings. The van der Waals surface area contributed by atoms with Gasteiger partial charge < -0.3 is 9.26 Å². The van der Waals surface area contributed by atoms with Crippen LogP contribution in [0.3, 0.4) is 0 Å². The number of fused-ring (bicyclic) bond motifs is 1. The number of rotatable bonds is 3. The monoisotopic (exact) mass is 408 g/mol. The zero-order valence-corrected chi connectivity index (χ0v) is 16.9. The van der Waals surface area contributed by atoms with Crippen LogP contribution in [0.25, 0.3) is 33.9 Å². The van der Waals surface area contributed by atoms with Crippen LogP contribution in [-0.2, 0) is 4.74 Å². The molecule has 2 unspecified atom stereocenters. The molecule has 0 amide bonds. The van der Waals surface area contributed by atoms with Crippen molar-refractivity contribution in [3.8, 4) is 22.8 Å². The fourth-order valence-electron chi connectivity index (χ4n) is 4.07. The Balaban J connectivity index is 1.66. The van der Waals surface area contributed by atoms with E-state index in [4.69, 9.17) is 19.3 Å². The average molecular weight is 408 g/mol. The Labute approximate surface area is 172 Å². The third-order valence-corrected chi connectivity index (χ3v) is 5.38. The highest BCUT2D eigenvalue weighted by molar-refractivity contribution is 5.80. The fourth-order valence-corrected chi connectivity index (χ4v) is 4.07. The first-order valence-electron chi connectivity index (χ1n) is 9.93. The van der Waals surface area contributed by atoms with Crippen molar-refractivity contribution < 1.29 is 13.7 Å². The molecule has 1 aliphatic heterocycles. The van der Waals surface area contributed by atoms with E-state index >= 15 is 0 Å². The molecule has 2 atom stereocenters. The highest BCUT2D eigenvalue weighted by Gasteiger charge is 2.29. The third-order valence-electron chi connectivity index (χ3n) is 5.38. The topological polar surface area (TPSA) is 91.8 Å². The third kappa shape index (κ3) is 3.35. The minimum absolute atomic E-state index is 0.0980. The molecule has 8 nitrogen and oxygen atoms in total. The second-order valence-corrected chi connectivity index (χ2v) is 7.82. The fraction of sp³-hybridized carbons (Fsp3) is 0.381. The summed E-state index contributed by atoms with van der Waals surface area (Å²) in [6, 6.07) is 3.44. The molecule has 4 aromatic rings. The van der Waals surface area contributed by atoms with Crippen LogP contribution >= 0.6 is 0 Å². The van der Waals surface area contributed by atoms with Crippen LogP contribution in [0.5, 0.6) is 0 Å². The lowest BCUT2D eigenvalue weighted by Crippen LogP contribution is -2.31. The molecule has 0 bridgehead atoms. The Morgan fingerprint density at radius 1 is 1.07 bits per heavy atom. The molecular formula is C21H21FN6O2. The van der Waals surface area contributed by atoms with E-state index in [1.165, 1.54) is 6.07 Å². The number of aryl methyl sites for hydroxylation is 1. The minimum atomic E-state index is -0.429. The van der Waals surface area contributed by atoms with Gasteiger partial charge in [-0.1, -0.05) is 5.16 Å². The maximum atomic E-state index is 13.8. The minimum Gasteiger partial charge on any atom is -0.375 e. The number of nitrogens with zero attached hydrogens (tertiary/aromatic N) is 6. The quantitative estimate of drug-likeness (QED) is 0.503.